The topological polar surface area (TPSA) is 73.9 Å². The van der Waals surface area contributed by atoms with Gasteiger partial charge in [-0.2, -0.15) is 0 Å². The Balaban J connectivity index is 1.75. The predicted octanol–water partition coefficient (Wildman–Crippen LogP) is 4.94. The number of esters is 1. The summed E-state index contributed by atoms with van der Waals surface area (Å²) in [5.74, 6) is 0.468. The molecule has 0 saturated heterocycles. The second kappa shape index (κ2) is 9.80. The van der Waals surface area contributed by atoms with Crippen molar-refractivity contribution in [2.75, 3.05) is 14.2 Å². The summed E-state index contributed by atoms with van der Waals surface area (Å²) in [7, 11) is 3.18. The third-order valence-electron chi connectivity index (χ3n) is 6.81. The lowest BCUT2D eigenvalue weighted by Gasteiger charge is -2.34. The van der Waals surface area contributed by atoms with Crippen molar-refractivity contribution in [3.63, 3.8) is 0 Å². The van der Waals surface area contributed by atoms with Crippen molar-refractivity contribution in [3.05, 3.63) is 46.3 Å². The Labute approximate surface area is 190 Å². The number of Topliss-reactive ketones (excluding diaryl/α,β-unsaturated/α-hetero) is 1. The van der Waals surface area contributed by atoms with E-state index in [4.69, 9.17) is 14.2 Å². The van der Waals surface area contributed by atoms with Gasteiger partial charge in [-0.1, -0.05) is 18.9 Å². The number of ketones is 1. The van der Waals surface area contributed by atoms with Gasteiger partial charge in [0.05, 0.1) is 19.8 Å². The van der Waals surface area contributed by atoms with Gasteiger partial charge in [0.15, 0.2) is 17.3 Å². The highest BCUT2D eigenvalue weighted by Gasteiger charge is 2.40. The second-order valence-electron chi connectivity index (χ2n) is 8.90. The molecule has 32 heavy (non-hydrogen) atoms. The molecule has 1 unspecified atom stereocenters. The summed E-state index contributed by atoms with van der Waals surface area (Å²) in [4.78, 5) is 26.6. The minimum atomic E-state index is -0.475. The van der Waals surface area contributed by atoms with Crippen LogP contribution in [-0.4, -0.2) is 32.1 Å². The highest BCUT2D eigenvalue weighted by molar-refractivity contribution is 6.03. The molecule has 1 saturated carbocycles. The fourth-order valence-corrected chi connectivity index (χ4v) is 5.19. The van der Waals surface area contributed by atoms with Gasteiger partial charge in [0.25, 0.3) is 0 Å². The molecule has 2 aliphatic carbocycles. The zero-order chi connectivity index (χ0) is 22.7. The first-order chi connectivity index (χ1) is 15.5. The predicted molar refractivity (Wildman–Crippen MR) is 122 cm³/mol. The third kappa shape index (κ3) is 4.41. The molecule has 0 aromatic heterocycles. The number of hydrogen-bond donors (Lipinski definition) is 1. The summed E-state index contributed by atoms with van der Waals surface area (Å²) < 4.78 is 16.9. The number of nitrogens with one attached hydrogen (secondary N) is 1. The average Bonchev–Trinajstić information content (AvgIpc) is 3.06. The molecule has 3 aliphatic rings. The second-order valence-corrected chi connectivity index (χ2v) is 8.90. The van der Waals surface area contributed by atoms with Crippen LogP contribution >= 0.6 is 0 Å². The van der Waals surface area contributed by atoms with Crippen LogP contribution in [0.3, 0.4) is 0 Å². The molecule has 172 valence electrons. The molecule has 4 rings (SSSR count). The van der Waals surface area contributed by atoms with E-state index in [0.717, 1.165) is 55.5 Å². The molecule has 0 bridgehead atoms. The van der Waals surface area contributed by atoms with Crippen LogP contribution < -0.4 is 14.8 Å². The maximum atomic E-state index is 13.5. The van der Waals surface area contributed by atoms with Crippen molar-refractivity contribution in [2.45, 2.75) is 76.7 Å². The molecule has 1 aliphatic heterocycles. The molecular formula is C26H33NO5. The summed E-state index contributed by atoms with van der Waals surface area (Å²) in [5.41, 5.74) is 3.72. The lowest BCUT2D eigenvalue weighted by Crippen LogP contribution is -2.35. The van der Waals surface area contributed by atoms with Gasteiger partial charge < -0.3 is 19.5 Å². The van der Waals surface area contributed by atoms with Gasteiger partial charge in [0, 0.05) is 29.3 Å². The Morgan fingerprint density at radius 1 is 0.969 bits per heavy atom. The van der Waals surface area contributed by atoms with Crippen molar-refractivity contribution in [2.24, 2.45) is 0 Å². The zero-order valence-corrected chi connectivity index (χ0v) is 19.3. The average molecular weight is 440 g/mol. The Kier molecular flexibility index (Phi) is 6.87. The number of ether oxygens (including phenoxy) is 3. The van der Waals surface area contributed by atoms with Gasteiger partial charge in [-0.25, -0.2) is 4.79 Å². The van der Waals surface area contributed by atoms with Gasteiger partial charge in [-0.05, 0) is 63.1 Å². The SMILES string of the molecule is COc1ccc(C2C(C(=O)OC3CCCCCC3)=C(C)NC3=C2C(=O)CCC3)cc1OC. The lowest BCUT2D eigenvalue weighted by molar-refractivity contribution is -0.145. The van der Waals surface area contributed by atoms with E-state index in [1.54, 1.807) is 14.2 Å². The number of allylic oxidation sites excluding steroid dienone is 3. The van der Waals surface area contributed by atoms with Crippen LogP contribution in [0.4, 0.5) is 0 Å². The van der Waals surface area contributed by atoms with Crippen LogP contribution in [0.15, 0.2) is 40.7 Å². The summed E-state index contributed by atoms with van der Waals surface area (Å²) in [6.07, 6.45) is 8.40. The molecule has 1 N–H and O–H groups in total. The third-order valence-corrected chi connectivity index (χ3v) is 6.81. The van der Waals surface area contributed by atoms with E-state index in [0.29, 0.717) is 29.1 Å². The molecule has 1 aromatic carbocycles. The quantitative estimate of drug-likeness (QED) is 0.518. The van der Waals surface area contributed by atoms with E-state index in [-0.39, 0.29) is 17.9 Å². The fourth-order valence-electron chi connectivity index (χ4n) is 5.19. The zero-order valence-electron chi connectivity index (χ0n) is 19.3. The lowest BCUT2D eigenvalue weighted by atomic mass is 9.75. The van der Waals surface area contributed by atoms with Crippen LogP contribution in [0, 0.1) is 0 Å². The number of rotatable bonds is 5. The molecule has 0 radical (unpaired) electrons. The molecule has 1 aromatic rings. The maximum absolute atomic E-state index is 13.5. The van der Waals surface area contributed by atoms with E-state index in [1.807, 2.05) is 25.1 Å². The first-order valence-corrected chi connectivity index (χ1v) is 11.7. The van der Waals surface area contributed by atoms with Crippen molar-refractivity contribution in [1.82, 2.24) is 5.32 Å². The molecule has 1 atom stereocenters. The summed E-state index contributed by atoms with van der Waals surface area (Å²) in [6, 6.07) is 5.61. The molecule has 0 spiro atoms. The van der Waals surface area contributed by atoms with Crippen LogP contribution in [-0.2, 0) is 14.3 Å². The minimum Gasteiger partial charge on any atom is -0.493 e. The number of dihydropyridines is 1. The van der Waals surface area contributed by atoms with Gasteiger partial charge in [-0.15, -0.1) is 0 Å². The number of methoxy groups -OCH3 is 2. The smallest absolute Gasteiger partial charge is 0.337 e. The van der Waals surface area contributed by atoms with Crippen LogP contribution in [0.1, 0.15) is 76.2 Å². The fraction of sp³-hybridized carbons (Fsp3) is 0.538. The summed E-state index contributed by atoms with van der Waals surface area (Å²) in [5, 5.41) is 3.36. The normalized spacial score (nSPS) is 22.1. The van der Waals surface area contributed by atoms with Crippen molar-refractivity contribution >= 4 is 11.8 Å². The summed E-state index contributed by atoms with van der Waals surface area (Å²) in [6.45, 7) is 1.90. The molecule has 6 nitrogen and oxygen atoms in total. The van der Waals surface area contributed by atoms with Crippen LogP contribution in [0.25, 0.3) is 0 Å². The van der Waals surface area contributed by atoms with Crippen molar-refractivity contribution < 1.29 is 23.8 Å². The Morgan fingerprint density at radius 3 is 2.38 bits per heavy atom. The van der Waals surface area contributed by atoms with E-state index in [1.165, 1.54) is 12.8 Å². The maximum Gasteiger partial charge on any atom is 0.337 e. The largest absolute Gasteiger partial charge is 0.493 e. The first kappa shape index (κ1) is 22.4. The van der Waals surface area contributed by atoms with Crippen LogP contribution in [0.5, 0.6) is 11.5 Å². The number of carbonyl (C=O) groups is 2. The number of carbonyl (C=O) groups excluding carboxylic acids is 2. The van der Waals surface area contributed by atoms with Crippen LogP contribution in [0.2, 0.25) is 0 Å². The molecule has 1 heterocycles. The van der Waals surface area contributed by atoms with Gasteiger partial charge in [-0.3, -0.25) is 4.79 Å². The Morgan fingerprint density at radius 2 is 1.69 bits per heavy atom. The van der Waals surface area contributed by atoms with Gasteiger partial charge in [0.1, 0.15) is 6.10 Å². The number of hydrogen-bond acceptors (Lipinski definition) is 6. The minimum absolute atomic E-state index is 0.0613. The molecule has 0 amide bonds. The number of benzene rings is 1. The molecule has 1 fully saturated rings. The van der Waals surface area contributed by atoms with Gasteiger partial charge in [0.2, 0.25) is 0 Å². The van der Waals surface area contributed by atoms with E-state index >= 15 is 0 Å². The standard InChI is InChI=1S/C26H33NO5/c1-16-23(26(29)32-18-9-6-4-5-7-10-18)24(25-19(27-16)11-8-12-20(25)28)17-13-14-21(30-2)22(15-17)31-3/h13-15,18,24,27H,4-12H2,1-3H3. The van der Waals surface area contributed by atoms with E-state index in [2.05, 4.69) is 5.32 Å². The first-order valence-electron chi connectivity index (χ1n) is 11.7. The van der Waals surface area contributed by atoms with Crippen molar-refractivity contribution in [1.29, 1.82) is 0 Å². The highest BCUT2D eigenvalue weighted by atomic mass is 16.5. The highest BCUT2D eigenvalue weighted by Crippen LogP contribution is 2.44. The van der Waals surface area contributed by atoms with Gasteiger partial charge >= 0.3 is 5.97 Å². The van der Waals surface area contributed by atoms with E-state index < -0.39 is 5.92 Å². The Hall–Kier alpha value is -2.76. The molecular weight excluding hydrogens is 406 g/mol. The monoisotopic (exact) mass is 439 g/mol. The molecule has 6 heteroatoms. The summed E-state index contributed by atoms with van der Waals surface area (Å²) >= 11 is 0. The van der Waals surface area contributed by atoms with Crippen molar-refractivity contribution in [3.8, 4) is 11.5 Å². The van der Waals surface area contributed by atoms with E-state index in [9.17, 15) is 9.59 Å². The Bertz CT molecular complexity index is 953.